The predicted octanol–water partition coefficient (Wildman–Crippen LogP) is 1.60. The minimum atomic E-state index is -3.46. The maximum Gasteiger partial charge on any atom is 0.240 e. The quantitative estimate of drug-likeness (QED) is 0.621. The van der Waals surface area contributed by atoms with Gasteiger partial charge in [-0.05, 0) is 55.7 Å². The number of benzene rings is 1. The Morgan fingerprint density at radius 1 is 1.12 bits per heavy atom. The number of hydrogen-bond donors (Lipinski definition) is 3. The van der Waals surface area contributed by atoms with E-state index in [1.807, 2.05) is 18.2 Å². The third-order valence-corrected chi connectivity index (χ3v) is 5.28. The van der Waals surface area contributed by atoms with Crippen LogP contribution in [0.1, 0.15) is 25.0 Å². The van der Waals surface area contributed by atoms with E-state index in [9.17, 15) is 13.2 Å². The number of aromatic nitrogens is 1. The highest BCUT2D eigenvalue weighted by molar-refractivity contribution is 7.89. The molecule has 3 N–H and O–H groups in total. The molecule has 3 rings (SSSR count). The molecule has 0 bridgehead atoms. The molecule has 7 nitrogen and oxygen atoms in total. The molecule has 0 saturated heterocycles. The molecule has 0 aliphatic heterocycles. The second-order valence-electron chi connectivity index (χ2n) is 5.91. The lowest BCUT2D eigenvalue weighted by Gasteiger charge is -2.10. The molecule has 0 spiro atoms. The van der Waals surface area contributed by atoms with Crippen LogP contribution in [0, 0.1) is 0 Å². The normalized spacial score (nSPS) is 14.1. The number of pyridine rings is 1. The minimum absolute atomic E-state index is 0.0706. The van der Waals surface area contributed by atoms with E-state index in [2.05, 4.69) is 20.6 Å². The van der Waals surface area contributed by atoms with Crippen LogP contribution in [0.2, 0.25) is 0 Å². The molecule has 1 aromatic heterocycles. The lowest BCUT2D eigenvalue weighted by Crippen LogP contribution is -2.29. The number of aryl methyl sites for hydroxylation is 1. The number of carbonyl (C=O) groups excluding carboxylic acids is 1. The first-order valence-electron chi connectivity index (χ1n) is 8.10. The Morgan fingerprint density at radius 2 is 1.88 bits per heavy atom. The molecule has 1 saturated carbocycles. The molecule has 0 atom stereocenters. The van der Waals surface area contributed by atoms with Crippen LogP contribution in [0.4, 0.5) is 5.69 Å². The monoisotopic (exact) mass is 360 g/mol. The molecule has 1 aromatic carbocycles. The van der Waals surface area contributed by atoms with E-state index in [-0.39, 0.29) is 16.8 Å². The Morgan fingerprint density at radius 3 is 2.52 bits per heavy atom. The van der Waals surface area contributed by atoms with Gasteiger partial charge in [0, 0.05) is 24.4 Å². The molecule has 1 aliphatic rings. The summed E-state index contributed by atoms with van der Waals surface area (Å²) in [6, 6.07) is 11.9. The molecule has 0 unspecified atom stereocenters. The van der Waals surface area contributed by atoms with Crippen molar-refractivity contribution in [2.45, 2.75) is 36.6 Å². The molecule has 25 heavy (non-hydrogen) atoms. The van der Waals surface area contributed by atoms with Gasteiger partial charge in [0.1, 0.15) is 0 Å². The number of anilines is 1. The first-order valence-corrected chi connectivity index (χ1v) is 9.58. The molecule has 1 aliphatic carbocycles. The SMILES string of the molecule is O=C(CCc1ccccn1)NNc1ccc(S(=O)(=O)NC2CC2)cc1. The summed E-state index contributed by atoms with van der Waals surface area (Å²) in [6.07, 6.45) is 4.34. The second kappa shape index (κ2) is 7.62. The molecule has 8 heteroatoms. The van der Waals surface area contributed by atoms with Crippen molar-refractivity contribution < 1.29 is 13.2 Å². The van der Waals surface area contributed by atoms with Crippen molar-refractivity contribution >= 4 is 21.6 Å². The zero-order valence-electron chi connectivity index (χ0n) is 13.6. The number of hydrazine groups is 1. The summed E-state index contributed by atoms with van der Waals surface area (Å²) in [4.78, 5) is 16.2. The van der Waals surface area contributed by atoms with Gasteiger partial charge in [-0.1, -0.05) is 6.07 Å². The topological polar surface area (TPSA) is 100 Å². The fourth-order valence-electron chi connectivity index (χ4n) is 2.20. The summed E-state index contributed by atoms with van der Waals surface area (Å²) in [5, 5.41) is 0. The van der Waals surface area contributed by atoms with Crippen LogP contribution in [0.15, 0.2) is 53.6 Å². The van der Waals surface area contributed by atoms with E-state index in [0.717, 1.165) is 18.5 Å². The van der Waals surface area contributed by atoms with E-state index in [4.69, 9.17) is 0 Å². The number of sulfonamides is 1. The first kappa shape index (κ1) is 17.4. The van der Waals surface area contributed by atoms with Gasteiger partial charge in [0.25, 0.3) is 0 Å². The fourth-order valence-corrected chi connectivity index (χ4v) is 3.50. The standard InChI is InChI=1S/C17H20N4O3S/c22-17(11-8-13-3-1-2-12-18-13)20-19-14-6-9-16(10-7-14)25(23,24)21-15-4-5-15/h1-3,6-7,9-10,12,15,19,21H,4-5,8,11H2,(H,20,22). The second-order valence-corrected chi connectivity index (χ2v) is 7.63. The average molecular weight is 360 g/mol. The van der Waals surface area contributed by atoms with Crippen molar-refractivity contribution in [1.82, 2.24) is 15.1 Å². The molecule has 0 radical (unpaired) electrons. The Hall–Kier alpha value is -2.45. The maximum absolute atomic E-state index is 12.1. The van der Waals surface area contributed by atoms with Gasteiger partial charge in [0.05, 0.1) is 10.6 Å². The van der Waals surface area contributed by atoms with Gasteiger partial charge in [0.2, 0.25) is 15.9 Å². The third-order valence-electron chi connectivity index (χ3n) is 3.74. The van der Waals surface area contributed by atoms with Crippen LogP contribution in [-0.4, -0.2) is 25.4 Å². The molecule has 1 amide bonds. The van der Waals surface area contributed by atoms with Gasteiger partial charge in [-0.25, -0.2) is 13.1 Å². The highest BCUT2D eigenvalue weighted by atomic mass is 32.2. The molecule has 2 aromatic rings. The zero-order chi connectivity index (χ0) is 17.7. The fraction of sp³-hybridized carbons (Fsp3) is 0.294. The van der Waals surface area contributed by atoms with Crippen molar-refractivity contribution in [3.63, 3.8) is 0 Å². The van der Waals surface area contributed by atoms with E-state index < -0.39 is 10.0 Å². The van der Waals surface area contributed by atoms with Crippen molar-refractivity contribution in [1.29, 1.82) is 0 Å². The van der Waals surface area contributed by atoms with Crippen molar-refractivity contribution in [3.05, 3.63) is 54.4 Å². The largest absolute Gasteiger partial charge is 0.299 e. The Labute approximate surface area is 146 Å². The van der Waals surface area contributed by atoms with Crippen LogP contribution in [0.5, 0.6) is 0 Å². The van der Waals surface area contributed by atoms with E-state index in [0.29, 0.717) is 18.5 Å². The smallest absolute Gasteiger partial charge is 0.240 e. The van der Waals surface area contributed by atoms with Crippen molar-refractivity contribution in [2.24, 2.45) is 0 Å². The van der Waals surface area contributed by atoms with Gasteiger partial charge < -0.3 is 0 Å². The third kappa shape index (κ3) is 5.27. The van der Waals surface area contributed by atoms with Gasteiger partial charge in [0.15, 0.2) is 0 Å². The molecular formula is C17H20N4O3S. The Balaban J connectivity index is 1.47. The van der Waals surface area contributed by atoms with E-state index >= 15 is 0 Å². The number of carbonyl (C=O) groups is 1. The lowest BCUT2D eigenvalue weighted by molar-refractivity contribution is -0.120. The van der Waals surface area contributed by atoms with Crippen LogP contribution >= 0.6 is 0 Å². The van der Waals surface area contributed by atoms with Crippen molar-refractivity contribution in [3.8, 4) is 0 Å². The number of nitrogens with zero attached hydrogens (tertiary/aromatic N) is 1. The Kier molecular flexibility index (Phi) is 5.30. The number of nitrogens with one attached hydrogen (secondary N) is 3. The molecule has 132 valence electrons. The Bertz CT molecular complexity index is 819. The molecule has 1 fully saturated rings. The molecule has 1 heterocycles. The van der Waals surface area contributed by atoms with E-state index in [1.165, 1.54) is 12.1 Å². The summed E-state index contributed by atoms with van der Waals surface area (Å²) < 4.78 is 26.8. The summed E-state index contributed by atoms with van der Waals surface area (Å²) in [5.74, 6) is -0.169. The maximum atomic E-state index is 12.1. The number of hydrogen-bond acceptors (Lipinski definition) is 5. The molecular weight excluding hydrogens is 340 g/mol. The van der Waals surface area contributed by atoms with Gasteiger partial charge >= 0.3 is 0 Å². The summed E-state index contributed by atoms with van der Waals surface area (Å²) >= 11 is 0. The van der Waals surface area contributed by atoms with Gasteiger partial charge in [-0.15, -0.1) is 0 Å². The highest BCUT2D eigenvalue weighted by Gasteiger charge is 2.27. The van der Waals surface area contributed by atoms with E-state index in [1.54, 1.807) is 18.3 Å². The van der Waals surface area contributed by atoms with Crippen LogP contribution in [0.25, 0.3) is 0 Å². The minimum Gasteiger partial charge on any atom is -0.299 e. The summed E-state index contributed by atoms with van der Waals surface area (Å²) in [6.45, 7) is 0. The van der Waals surface area contributed by atoms with Gasteiger partial charge in [-0.2, -0.15) is 0 Å². The van der Waals surface area contributed by atoms with Crippen LogP contribution < -0.4 is 15.6 Å². The summed E-state index contributed by atoms with van der Waals surface area (Å²) in [7, 11) is -3.46. The predicted molar refractivity (Wildman–Crippen MR) is 94.1 cm³/mol. The van der Waals surface area contributed by atoms with Crippen molar-refractivity contribution in [2.75, 3.05) is 5.43 Å². The summed E-state index contributed by atoms with van der Waals surface area (Å²) in [5.41, 5.74) is 6.83. The highest BCUT2D eigenvalue weighted by Crippen LogP contribution is 2.22. The van der Waals surface area contributed by atoms with Gasteiger partial charge in [-0.3, -0.25) is 20.6 Å². The first-order chi connectivity index (χ1) is 12.0. The lowest BCUT2D eigenvalue weighted by atomic mass is 10.2. The van der Waals surface area contributed by atoms with Crippen LogP contribution in [-0.2, 0) is 21.2 Å². The average Bonchev–Trinajstić information content (AvgIpc) is 3.43. The number of rotatable bonds is 8. The number of amides is 1. The van der Waals surface area contributed by atoms with Crippen LogP contribution in [0.3, 0.4) is 0 Å². The zero-order valence-corrected chi connectivity index (χ0v) is 14.4.